The van der Waals surface area contributed by atoms with Crippen LogP contribution >= 0.6 is 0 Å². The van der Waals surface area contributed by atoms with Crippen molar-refractivity contribution < 1.29 is 27.8 Å². The molecule has 1 unspecified atom stereocenters. The van der Waals surface area contributed by atoms with Crippen LogP contribution in [-0.2, 0) is 9.53 Å². The van der Waals surface area contributed by atoms with Gasteiger partial charge in [-0.15, -0.1) is 0 Å². The van der Waals surface area contributed by atoms with Gasteiger partial charge in [0.2, 0.25) is 0 Å². The summed E-state index contributed by atoms with van der Waals surface area (Å²) in [6, 6.07) is 0. The summed E-state index contributed by atoms with van der Waals surface area (Å²) in [6.07, 6.45) is 1.44. The molecule has 0 aliphatic heterocycles. The maximum atomic E-state index is 12.8. The summed E-state index contributed by atoms with van der Waals surface area (Å²) in [7, 11) is 0. The number of esters is 1. The highest BCUT2D eigenvalue weighted by Crippen LogP contribution is 2.35. The zero-order valence-corrected chi connectivity index (χ0v) is 13.0. The molecule has 0 bridgehead atoms. The average molecular weight is 312 g/mol. The molecule has 0 spiro atoms. The van der Waals surface area contributed by atoms with E-state index in [-0.39, 0.29) is 13.0 Å². The van der Waals surface area contributed by atoms with E-state index >= 15 is 0 Å². The molecule has 6 heteroatoms. The highest BCUT2D eigenvalue weighted by molar-refractivity contribution is 5.80. The fraction of sp³-hybridized carbons (Fsp3) is 0.933. The second-order valence-corrected chi connectivity index (χ2v) is 5.30. The first-order chi connectivity index (χ1) is 9.79. The van der Waals surface area contributed by atoms with Crippen molar-refractivity contribution in [3.05, 3.63) is 0 Å². The van der Waals surface area contributed by atoms with Crippen molar-refractivity contribution in [1.29, 1.82) is 0 Å². The maximum Gasteiger partial charge on any atom is 0.428 e. The summed E-state index contributed by atoms with van der Waals surface area (Å²) >= 11 is 0. The quantitative estimate of drug-likeness (QED) is 0.455. The molecule has 0 aliphatic rings. The number of carbonyl (C=O) groups is 1. The Bertz CT molecular complexity index is 292. The van der Waals surface area contributed by atoms with Crippen LogP contribution in [0.3, 0.4) is 0 Å². The molecule has 0 amide bonds. The number of halogens is 3. The molecule has 0 radical (unpaired) electrons. The Labute approximate surface area is 124 Å². The van der Waals surface area contributed by atoms with Crippen molar-refractivity contribution in [2.24, 2.45) is 0 Å². The minimum atomic E-state index is -5.00. The predicted molar refractivity (Wildman–Crippen MR) is 74.9 cm³/mol. The summed E-state index contributed by atoms with van der Waals surface area (Å²) in [4.78, 5) is 11.4. The highest BCUT2D eigenvalue weighted by Gasteiger charge is 2.60. The topological polar surface area (TPSA) is 46.5 Å². The van der Waals surface area contributed by atoms with E-state index in [4.69, 9.17) is 0 Å². The number of unbranched alkanes of at least 4 members (excludes halogenated alkanes) is 7. The zero-order chi connectivity index (χ0) is 16.4. The summed E-state index contributed by atoms with van der Waals surface area (Å²) in [5.74, 6) is -1.60. The van der Waals surface area contributed by atoms with E-state index in [1.807, 2.05) is 0 Å². The molecule has 21 heavy (non-hydrogen) atoms. The van der Waals surface area contributed by atoms with Crippen molar-refractivity contribution in [3.63, 3.8) is 0 Å². The van der Waals surface area contributed by atoms with Crippen molar-refractivity contribution in [2.75, 3.05) is 6.61 Å². The number of carbonyl (C=O) groups excluding carboxylic acids is 1. The van der Waals surface area contributed by atoms with E-state index in [1.165, 1.54) is 13.3 Å². The van der Waals surface area contributed by atoms with E-state index in [1.54, 1.807) is 0 Å². The van der Waals surface area contributed by atoms with Gasteiger partial charge in [0.1, 0.15) is 0 Å². The molecule has 1 N–H and O–H groups in total. The Balaban J connectivity index is 4.13. The number of alkyl halides is 3. The van der Waals surface area contributed by atoms with Gasteiger partial charge in [0, 0.05) is 0 Å². The van der Waals surface area contributed by atoms with E-state index in [0.29, 0.717) is 6.42 Å². The fourth-order valence-corrected chi connectivity index (χ4v) is 2.12. The van der Waals surface area contributed by atoms with Crippen LogP contribution in [0.15, 0.2) is 0 Å². The zero-order valence-electron chi connectivity index (χ0n) is 13.0. The third-order valence-electron chi connectivity index (χ3n) is 3.47. The molecule has 0 saturated carbocycles. The van der Waals surface area contributed by atoms with Crippen molar-refractivity contribution in [1.82, 2.24) is 0 Å². The molecule has 0 fully saturated rings. The van der Waals surface area contributed by atoms with Gasteiger partial charge in [-0.3, -0.25) is 0 Å². The molecule has 126 valence electrons. The van der Waals surface area contributed by atoms with Crippen LogP contribution in [0.25, 0.3) is 0 Å². The van der Waals surface area contributed by atoms with Crippen LogP contribution in [0.4, 0.5) is 13.2 Å². The Morgan fingerprint density at radius 2 is 1.43 bits per heavy atom. The molecule has 1 atom stereocenters. The SMILES string of the molecule is CCCCCCCCCCC(O)(C(=O)OCC)C(F)(F)F. The lowest BCUT2D eigenvalue weighted by molar-refractivity contribution is -0.264. The third kappa shape index (κ3) is 7.16. The maximum absolute atomic E-state index is 12.8. The van der Waals surface area contributed by atoms with Gasteiger partial charge in [0.25, 0.3) is 5.60 Å². The first kappa shape index (κ1) is 20.2. The third-order valence-corrected chi connectivity index (χ3v) is 3.47. The predicted octanol–water partition coefficient (Wildman–Crippen LogP) is 4.37. The van der Waals surface area contributed by atoms with E-state index < -0.39 is 24.2 Å². The molecule has 3 nitrogen and oxygen atoms in total. The monoisotopic (exact) mass is 312 g/mol. The molecule has 0 saturated heterocycles. The lowest BCUT2D eigenvalue weighted by Crippen LogP contribution is -2.52. The molecule has 0 aliphatic carbocycles. The van der Waals surface area contributed by atoms with Gasteiger partial charge in [-0.05, 0) is 19.8 Å². The summed E-state index contributed by atoms with van der Waals surface area (Å²) < 4.78 is 42.9. The molecule has 0 aromatic heterocycles. The van der Waals surface area contributed by atoms with E-state index in [2.05, 4.69) is 11.7 Å². The van der Waals surface area contributed by atoms with Crippen LogP contribution in [0.2, 0.25) is 0 Å². The molecular weight excluding hydrogens is 285 g/mol. The van der Waals surface area contributed by atoms with Crippen LogP contribution in [0.5, 0.6) is 0 Å². The Morgan fingerprint density at radius 3 is 1.86 bits per heavy atom. The Morgan fingerprint density at radius 1 is 0.952 bits per heavy atom. The lowest BCUT2D eigenvalue weighted by atomic mass is 9.95. The van der Waals surface area contributed by atoms with E-state index in [0.717, 1.165) is 32.1 Å². The van der Waals surface area contributed by atoms with Crippen molar-refractivity contribution in [2.45, 2.75) is 83.4 Å². The largest absolute Gasteiger partial charge is 0.464 e. The van der Waals surface area contributed by atoms with Crippen molar-refractivity contribution in [3.8, 4) is 0 Å². The molecule has 0 aromatic rings. The van der Waals surface area contributed by atoms with Gasteiger partial charge in [-0.1, -0.05) is 51.9 Å². The smallest absolute Gasteiger partial charge is 0.428 e. The van der Waals surface area contributed by atoms with Crippen molar-refractivity contribution >= 4 is 5.97 Å². The van der Waals surface area contributed by atoms with Gasteiger partial charge >= 0.3 is 12.1 Å². The van der Waals surface area contributed by atoms with Crippen LogP contribution in [0.1, 0.15) is 71.6 Å². The molecule has 0 heterocycles. The van der Waals surface area contributed by atoms with Crippen LogP contribution in [-0.4, -0.2) is 29.5 Å². The number of rotatable bonds is 11. The van der Waals surface area contributed by atoms with Gasteiger partial charge in [0.15, 0.2) is 0 Å². The first-order valence-electron chi connectivity index (χ1n) is 7.76. The normalized spacial score (nSPS) is 14.8. The highest BCUT2D eigenvalue weighted by atomic mass is 19.4. The number of aliphatic hydroxyl groups is 1. The summed E-state index contributed by atoms with van der Waals surface area (Å²) in [5, 5.41) is 9.62. The van der Waals surface area contributed by atoms with E-state index in [9.17, 15) is 23.1 Å². The summed E-state index contributed by atoms with van der Waals surface area (Å²) in [5.41, 5.74) is -3.37. The Kier molecular flexibility index (Phi) is 9.66. The second-order valence-electron chi connectivity index (χ2n) is 5.30. The minimum absolute atomic E-state index is 0.155. The lowest BCUT2D eigenvalue weighted by Gasteiger charge is -2.28. The molecule has 0 rings (SSSR count). The van der Waals surface area contributed by atoms with Gasteiger partial charge in [0.05, 0.1) is 6.61 Å². The van der Waals surface area contributed by atoms with Gasteiger partial charge in [-0.25, -0.2) is 4.79 Å². The van der Waals surface area contributed by atoms with Crippen LogP contribution in [0, 0.1) is 0 Å². The standard InChI is InChI=1S/C15H27F3O3/c1-3-5-6-7-8-9-10-11-12-14(20,15(16,17)18)13(19)21-4-2/h20H,3-12H2,1-2H3. The van der Waals surface area contributed by atoms with Gasteiger partial charge in [-0.2, -0.15) is 13.2 Å². The second kappa shape index (κ2) is 10.0. The number of ether oxygens (including phenoxy) is 1. The number of hydrogen-bond donors (Lipinski definition) is 1. The minimum Gasteiger partial charge on any atom is -0.464 e. The first-order valence-corrected chi connectivity index (χ1v) is 7.76. The van der Waals surface area contributed by atoms with Crippen LogP contribution < -0.4 is 0 Å². The molecular formula is C15H27F3O3. The Hall–Kier alpha value is -0.780. The molecule has 0 aromatic carbocycles. The summed E-state index contributed by atoms with van der Waals surface area (Å²) in [6.45, 7) is 3.34. The average Bonchev–Trinajstić information content (AvgIpc) is 2.40. The number of hydrogen-bond acceptors (Lipinski definition) is 3. The fourth-order valence-electron chi connectivity index (χ4n) is 2.12. The van der Waals surface area contributed by atoms with Gasteiger partial charge < -0.3 is 9.84 Å².